The van der Waals surface area contributed by atoms with Gasteiger partial charge in [0.05, 0.1) is 5.56 Å². The Hall–Kier alpha value is -1.88. The van der Waals surface area contributed by atoms with E-state index in [-0.39, 0.29) is 5.91 Å². The number of nitrogens with one attached hydrogen (secondary N) is 1. The first-order chi connectivity index (χ1) is 9.52. The smallest absolute Gasteiger partial charge is 0.261 e. The molecule has 2 rings (SSSR count). The maximum atomic E-state index is 12.6. The monoisotopic (exact) mass is 333 g/mol. The van der Waals surface area contributed by atoms with Crippen molar-refractivity contribution in [2.45, 2.75) is 6.92 Å². The van der Waals surface area contributed by atoms with Gasteiger partial charge < -0.3 is 10.2 Å². The van der Waals surface area contributed by atoms with Crippen LogP contribution in [0.2, 0.25) is 0 Å². The van der Waals surface area contributed by atoms with Gasteiger partial charge >= 0.3 is 0 Å². The number of nitrogens with zero attached hydrogens (tertiary/aromatic N) is 2. The molecule has 0 saturated heterocycles. The molecule has 0 radical (unpaired) electrons. The summed E-state index contributed by atoms with van der Waals surface area (Å²) >= 11 is 3.35. The van der Waals surface area contributed by atoms with Crippen LogP contribution in [0.3, 0.4) is 0 Å². The van der Waals surface area contributed by atoms with Crippen LogP contribution in [0, 0.1) is 6.92 Å². The molecule has 2 aromatic rings. The number of aromatic nitrogens is 1. The number of benzene rings is 1. The van der Waals surface area contributed by atoms with Crippen LogP contribution in [-0.4, -0.2) is 25.0 Å². The van der Waals surface area contributed by atoms with Crippen LogP contribution >= 0.6 is 15.9 Å². The fourth-order valence-electron chi connectivity index (χ4n) is 1.87. The quantitative estimate of drug-likeness (QED) is 0.935. The van der Waals surface area contributed by atoms with E-state index >= 15 is 0 Å². The number of anilines is 2. The molecule has 1 aromatic carbocycles. The second-order valence-corrected chi connectivity index (χ2v) is 5.42. The minimum absolute atomic E-state index is 0.105. The van der Waals surface area contributed by atoms with E-state index in [1.807, 2.05) is 31.2 Å². The third kappa shape index (κ3) is 2.99. The Morgan fingerprint density at radius 3 is 2.55 bits per heavy atom. The van der Waals surface area contributed by atoms with Gasteiger partial charge in [-0.15, -0.1) is 0 Å². The molecule has 104 valence electrons. The van der Waals surface area contributed by atoms with Gasteiger partial charge in [0.25, 0.3) is 5.91 Å². The largest absolute Gasteiger partial charge is 0.372 e. The Kier molecular flexibility index (Phi) is 4.39. The van der Waals surface area contributed by atoms with Crippen LogP contribution in [-0.2, 0) is 0 Å². The minimum Gasteiger partial charge on any atom is -0.372 e. The Morgan fingerprint density at radius 2 is 1.95 bits per heavy atom. The molecule has 5 heteroatoms. The lowest BCUT2D eigenvalue weighted by atomic mass is 10.2. The Morgan fingerprint density at radius 1 is 1.30 bits per heavy atom. The minimum atomic E-state index is -0.105. The molecule has 0 fully saturated rings. The molecule has 0 aliphatic rings. The molecule has 4 nitrogen and oxygen atoms in total. The summed E-state index contributed by atoms with van der Waals surface area (Å²) in [6.45, 7) is 2.02. The Balaban J connectivity index is 2.35. The second-order valence-electron chi connectivity index (χ2n) is 4.50. The van der Waals surface area contributed by atoms with Crippen LogP contribution in [0.5, 0.6) is 0 Å². The van der Waals surface area contributed by atoms with Gasteiger partial charge in [-0.25, -0.2) is 4.98 Å². The predicted octanol–water partition coefficient (Wildman–Crippen LogP) is 3.47. The van der Waals surface area contributed by atoms with E-state index < -0.39 is 0 Å². The summed E-state index contributed by atoms with van der Waals surface area (Å²) in [4.78, 5) is 18.4. The SMILES string of the molecule is CNc1ncc(Br)cc1C(=O)N(C)c1ccc(C)cc1. The predicted molar refractivity (Wildman–Crippen MR) is 85.4 cm³/mol. The van der Waals surface area contributed by atoms with Crippen molar-refractivity contribution in [2.24, 2.45) is 0 Å². The summed E-state index contributed by atoms with van der Waals surface area (Å²) in [5.41, 5.74) is 2.54. The van der Waals surface area contributed by atoms with E-state index in [1.165, 1.54) is 0 Å². The zero-order chi connectivity index (χ0) is 14.7. The van der Waals surface area contributed by atoms with Crippen LogP contribution in [0.4, 0.5) is 11.5 Å². The standard InChI is InChI=1S/C15H16BrN3O/c1-10-4-6-12(7-5-10)19(3)15(20)13-8-11(16)9-18-14(13)17-2/h4-9H,1-3H3,(H,17,18). The van der Waals surface area contributed by atoms with Crippen molar-refractivity contribution in [1.82, 2.24) is 4.98 Å². The fourth-order valence-corrected chi connectivity index (χ4v) is 2.20. The number of hydrogen-bond acceptors (Lipinski definition) is 3. The van der Waals surface area contributed by atoms with E-state index in [0.717, 1.165) is 15.7 Å². The molecular formula is C15H16BrN3O. The van der Waals surface area contributed by atoms with E-state index in [9.17, 15) is 4.79 Å². The third-order valence-corrected chi connectivity index (χ3v) is 3.48. The van der Waals surface area contributed by atoms with Crippen molar-refractivity contribution < 1.29 is 4.79 Å². The van der Waals surface area contributed by atoms with Gasteiger partial charge in [0.1, 0.15) is 5.82 Å². The summed E-state index contributed by atoms with van der Waals surface area (Å²) in [7, 11) is 3.51. The molecule has 0 unspecified atom stereocenters. The summed E-state index contributed by atoms with van der Waals surface area (Å²) < 4.78 is 0.775. The number of halogens is 1. The maximum absolute atomic E-state index is 12.6. The number of carbonyl (C=O) groups is 1. The zero-order valence-corrected chi connectivity index (χ0v) is 13.2. The highest BCUT2D eigenvalue weighted by Crippen LogP contribution is 2.22. The Labute approximate surface area is 127 Å². The van der Waals surface area contributed by atoms with Crippen LogP contribution < -0.4 is 10.2 Å². The molecule has 0 aliphatic heterocycles. The lowest BCUT2D eigenvalue weighted by molar-refractivity contribution is 0.0993. The average Bonchev–Trinajstić information content (AvgIpc) is 2.46. The topological polar surface area (TPSA) is 45.2 Å². The first kappa shape index (κ1) is 14.5. The van der Waals surface area contributed by atoms with Crippen molar-refractivity contribution in [1.29, 1.82) is 0 Å². The lowest BCUT2D eigenvalue weighted by Gasteiger charge is -2.19. The van der Waals surface area contributed by atoms with E-state index in [4.69, 9.17) is 0 Å². The molecule has 1 amide bonds. The summed E-state index contributed by atoms with van der Waals surface area (Å²) in [5.74, 6) is 0.462. The van der Waals surface area contributed by atoms with Crippen LogP contribution in [0.15, 0.2) is 41.0 Å². The van der Waals surface area contributed by atoms with Gasteiger partial charge in [0, 0.05) is 30.5 Å². The molecule has 20 heavy (non-hydrogen) atoms. The molecule has 1 aromatic heterocycles. The summed E-state index contributed by atoms with van der Waals surface area (Å²) in [6.07, 6.45) is 1.66. The van der Waals surface area contributed by atoms with E-state index in [0.29, 0.717) is 11.4 Å². The molecular weight excluding hydrogens is 318 g/mol. The van der Waals surface area contributed by atoms with E-state index in [1.54, 1.807) is 31.3 Å². The fraction of sp³-hybridized carbons (Fsp3) is 0.200. The van der Waals surface area contributed by atoms with Gasteiger partial charge in [-0.2, -0.15) is 0 Å². The van der Waals surface area contributed by atoms with Gasteiger partial charge in [0.15, 0.2) is 0 Å². The number of pyridine rings is 1. The maximum Gasteiger partial charge on any atom is 0.261 e. The van der Waals surface area contributed by atoms with Gasteiger partial charge in [-0.1, -0.05) is 17.7 Å². The Bertz CT molecular complexity index is 626. The number of carbonyl (C=O) groups excluding carboxylic acids is 1. The van der Waals surface area contributed by atoms with Gasteiger partial charge in [-0.05, 0) is 41.1 Å². The second kappa shape index (κ2) is 6.05. The van der Waals surface area contributed by atoms with Crippen LogP contribution in [0.1, 0.15) is 15.9 Å². The van der Waals surface area contributed by atoms with Crippen molar-refractivity contribution in [3.8, 4) is 0 Å². The number of aryl methyl sites for hydroxylation is 1. The average molecular weight is 334 g/mol. The number of hydrogen-bond donors (Lipinski definition) is 1. The van der Waals surface area contributed by atoms with Crippen molar-refractivity contribution >= 4 is 33.3 Å². The molecule has 0 atom stereocenters. The van der Waals surface area contributed by atoms with Crippen LogP contribution in [0.25, 0.3) is 0 Å². The third-order valence-electron chi connectivity index (χ3n) is 3.05. The first-order valence-corrected chi connectivity index (χ1v) is 7.00. The highest BCUT2D eigenvalue weighted by atomic mass is 79.9. The molecule has 1 N–H and O–H groups in total. The van der Waals surface area contributed by atoms with Crippen molar-refractivity contribution in [2.75, 3.05) is 24.3 Å². The molecule has 1 heterocycles. The highest BCUT2D eigenvalue weighted by molar-refractivity contribution is 9.10. The lowest BCUT2D eigenvalue weighted by Crippen LogP contribution is -2.27. The molecule has 0 aliphatic carbocycles. The summed E-state index contributed by atoms with van der Waals surface area (Å²) in [6, 6.07) is 9.59. The van der Waals surface area contributed by atoms with Crippen molar-refractivity contribution in [3.05, 3.63) is 52.1 Å². The normalized spacial score (nSPS) is 10.2. The molecule has 0 spiro atoms. The number of rotatable bonds is 3. The summed E-state index contributed by atoms with van der Waals surface area (Å²) in [5, 5.41) is 2.94. The molecule has 0 saturated carbocycles. The van der Waals surface area contributed by atoms with Gasteiger partial charge in [0.2, 0.25) is 0 Å². The molecule has 0 bridgehead atoms. The number of amides is 1. The first-order valence-electron chi connectivity index (χ1n) is 6.21. The highest BCUT2D eigenvalue weighted by Gasteiger charge is 2.18. The van der Waals surface area contributed by atoms with Crippen molar-refractivity contribution in [3.63, 3.8) is 0 Å². The van der Waals surface area contributed by atoms with Gasteiger partial charge in [-0.3, -0.25) is 4.79 Å². The van der Waals surface area contributed by atoms with E-state index in [2.05, 4.69) is 26.2 Å². The zero-order valence-electron chi connectivity index (χ0n) is 11.6.